The molecule has 1 fully saturated rings. The molecule has 29 heavy (non-hydrogen) atoms. The number of nitrogen functional groups attached to an aromatic ring is 1. The van der Waals surface area contributed by atoms with Gasteiger partial charge in [-0.05, 0) is 67.1 Å². The van der Waals surface area contributed by atoms with Gasteiger partial charge in [0.25, 0.3) is 0 Å². The molecule has 2 aromatic rings. The average Bonchev–Trinajstić information content (AvgIpc) is 3.24. The van der Waals surface area contributed by atoms with Gasteiger partial charge in [0.05, 0.1) is 6.61 Å². The van der Waals surface area contributed by atoms with Crippen molar-refractivity contribution in [3.8, 4) is 5.75 Å². The van der Waals surface area contributed by atoms with Crippen molar-refractivity contribution < 1.29 is 14.6 Å². The Morgan fingerprint density at radius 2 is 1.93 bits per heavy atom. The van der Waals surface area contributed by atoms with Crippen molar-refractivity contribution in [2.45, 2.75) is 45.1 Å². The van der Waals surface area contributed by atoms with Gasteiger partial charge in [-0.15, -0.1) is 0 Å². The van der Waals surface area contributed by atoms with Crippen molar-refractivity contribution in [3.63, 3.8) is 0 Å². The maximum absolute atomic E-state index is 12.1. The third-order valence-corrected chi connectivity index (χ3v) is 5.50. The second kappa shape index (κ2) is 9.45. The van der Waals surface area contributed by atoms with Gasteiger partial charge in [-0.1, -0.05) is 25.8 Å². The summed E-state index contributed by atoms with van der Waals surface area (Å²) >= 11 is 0. The second-order valence-electron chi connectivity index (χ2n) is 7.59. The van der Waals surface area contributed by atoms with Gasteiger partial charge < -0.3 is 20.9 Å². The summed E-state index contributed by atoms with van der Waals surface area (Å²) in [7, 11) is 0. The third kappa shape index (κ3) is 5.28. The van der Waals surface area contributed by atoms with E-state index >= 15 is 0 Å². The molecule has 2 aromatic carbocycles. The number of rotatable bonds is 9. The fourth-order valence-corrected chi connectivity index (χ4v) is 3.74. The minimum atomic E-state index is -0.973. The zero-order valence-electron chi connectivity index (χ0n) is 16.8. The molecule has 0 heterocycles. The molecule has 1 unspecified atom stereocenters. The van der Waals surface area contributed by atoms with E-state index in [0.29, 0.717) is 35.1 Å². The Morgan fingerprint density at radius 1 is 1.24 bits per heavy atom. The first-order valence-electron chi connectivity index (χ1n) is 10.2. The van der Waals surface area contributed by atoms with E-state index in [2.05, 4.69) is 5.32 Å². The van der Waals surface area contributed by atoms with E-state index in [0.717, 1.165) is 12.0 Å². The lowest BCUT2D eigenvalue weighted by Gasteiger charge is -2.21. The molecule has 1 aliphatic rings. The van der Waals surface area contributed by atoms with Crippen LogP contribution in [0.5, 0.6) is 5.75 Å². The number of hydrogen-bond donors (Lipinski definition) is 4. The maximum atomic E-state index is 12.1. The lowest BCUT2D eigenvalue weighted by molar-refractivity contribution is -0.138. The Hall–Kier alpha value is -3.02. The molecule has 0 aliphatic heterocycles. The number of carbonyl (C=O) groups is 1. The predicted molar refractivity (Wildman–Crippen MR) is 115 cm³/mol. The van der Waals surface area contributed by atoms with E-state index in [-0.39, 0.29) is 5.84 Å². The van der Waals surface area contributed by atoms with E-state index in [4.69, 9.17) is 15.9 Å². The Kier molecular flexibility index (Phi) is 6.75. The van der Waals surface area contributed by atoms with Gasteiger partial charge >= 0.3 is 5.97 Å². The van der Waals surface area contributed by atoms with Crippen LogP contribution in [0, 0.1) is 11.3 Å². The number of aliphatic carboxylic acids is 1. The second-order valence-corrected chi connectivity index (χ2v) is 7.59. The fourth-order valence-electron chi connectivity index (χ4n) is 3.74. The standard InChI is InChI=1S/C23H29N3O3/c1-2-15-7-12-20(29-14-16-5-3-4-6-16)19(13-15)21(23(27)28)26-18-10-8-17(9-11-18)22(24)25/h7-13,16,21,26H,2-6,14H2,1H3,(H3,24,25)(H,27,28). The molecule has 0 bridgehead atoms. The quantitative estimate of drug-likeness (QED) is 0.373. The van der Waals surface area contributed by atoms with Crippen LogP contribution in [0.2, 0.25) is 0 Å². The van der Waals surface area contributed by atoms with Gasteiger partial charge in [0.1, 0.15) is 11.6 Å². The number of hydrogen-bond acceptors (Lipinski definition) is 4. The van der Waals surface area contributed by atoms with Crippen molar-refractivity contribution in [1.29, 1.82) is 5.41 Å². The van der Waals surface area contributed by atoms with Crippen molar-refractivity contribution in [2.24, 2.45) is 11.7 Å². The highest BCUT2D eigenvalue weighted by Crippen LogP contribution is 2.32. The number of amidine groups is 1. The molecule has 0 radical (unpaired) electrons. The number of carboxylic acids is 1. The highest BCUT2D eigenvalue weighted by atomic mass is 16.5. The normalized spacial score (nSPS) is 15.1. The first kappa shape index (κ1) is 20.7. The predicted octanol–water partition coefficient (Wildman–Crippen LogP) is 4.34. The zero-order chi connectivity index (χ0) is 20.8. The van der Waals surface area contributed by atoms with Crippen molar-refractivity contribution >= 4 is 17.5 Å². The van der Waals surface area contributed by atoms with E-state index in [1.54, 1.807) is 24.3 Å². The minimum Gasteiger partial charge on any atom is -0.493 e. The number of carboxylic acid groups (broad SMARTS) is 1. The molecule has 3 rings (SSSR count). The minimum absolute atomic E-state index is 0.0235. The monoisotopic (exact) mass is 395 g/mol. The molecule has 5 N–H and O–H groups in total. The highest BCUT2D eigenvalue weighted by molar-refractivity contribution is 5.95. The first-order chi connectivity index (χ1) is 14.0. The smallest absolute Gasteiger partial charge is 0.330 e. The first-order valence-corrected chi connectivity index (χ1v) is 10.2. The van der Waals surface area contributed by atoms with Gasteiger partial charge in [-0.2, -0.15) is 0 Å². The van der Waals surface area contributed by atoms with Crippen LogP contribution in [-0.2, 0) is 11.2 Å². The molecule has 1 atom stereocenters. The molecule has 0 aromatic heterocycles. The van der Waals surface area contributed by atoms with Crippen molar-refractivity contribution in [2.75, 3.05) is 11.9 Å². The van der Waals surface area contributed by atoms with E-state index < -0.39 is 12.0 Å². The fraction of sp³-hybridized carbons (Fsp3) is 0.391. The summed E-state index contributed by atoms with van der Waals surface area (Å²) in [6.07, 6.45) is 5.64. The van der Waals surface area contributed by atoms with Gasteiger partial charge in [0, 0.05) is 16.8 Å². The number of nitrogens with two attached hydrogens (primary N) is 1. The van der Waals surface area contributed by atoms with E-state index in [1.165, 1.54) is 25.7 Å². The largest absolute Gasteiger partial charge is 0.493 e. The molecule has 6 nitrogen and oxygen atoms in total. The number of aryl methyl sites for hydroxylation is 1. The van der Waals surface area contributed by atoms with Crippen LogP contribution in [0.1, 0.15) is 55.3 Å². The van der Waals surface area contributed by atoms with E-state index in [1.807, 2.05) is 25.1 Å². The molecule has 1 aliphatic carbocycles. The SMILES string of the molecule is CCc1ccc(OCC2CCCC2)c(C(Nc2ccc(C(=N)N)cc2)C(=O)O)c1. The number of benzene rings is 2. The van der Waals surface area contributed by atoms with Crippen LogP contribution < -0.4 is 15.8 Å². The number of anilines is 1. The average molecular weight is 396 g/mol. The van der Waals surface area contributed by atoms with Crippen LogP contribution in [0.25, 0.3) is 0 Å². The summed E-state index contributed by atoms with van der Waals surface area (Å²) < 4.78 is 6.09. The molecule has 0 saturated heterocycles. The molecule has 0 amide bonds. The molecule has 6 heteroatoms. The lowest BCUT2D eigenvalue weighted by atomic mass is 10.0. The summed E-state index contributed by atoms with van der Waals surface area (Å²) in [6.45, 7) is 2.67. The Morgan fingerprint density at radius 3 is 2.52 bits per heavy atom. The molecular formula is C23H29N3O3. The highest BCUT2D eigenvalue weighted by Gasteiger charge is 2.25. The topological polar surface area (TPSA) is 108 Å². The summed E-state index contributed by atoms with van der Waals surface area (Å²) in [6, 6.07) is 11.7. The van der Waals surface area contributed by atoms with Gasteiger partial charge in [0.2, 0.25) is 0 Å². The summed E-state index contributed by atoms with van der Waals surface area (Å²) in [4.78, 5) is 12.1. The molecule has 0 spiro atoms. The van der Waals surface area contributed by atoms with Gasteiger partial charge in [-0.25, -0.2) is 4.79 Å². The van der Waals surface area contributed by atoms with Crippen LogP contribution in [0.15, 0.2) is 42.5 Å². The maximum Gasteiger partial charge on any atom is 0.330 e. The summed E-state index contributed by atoms with van der Waals surface area (Å²) in [5, 5.41) is 20.5. The Bertz CT molecular complexity index is 858. The van der Waals surface area contributed by atoms with E-state index in [9.17, 15) is 9.90 Å². The van der Waals surface area contributed by atoms with Crippen LogP contribution in [-0.4, -0.2) is 23.5 Å². The number of nitrogens with one attached hydrogen (secondary N) is 2. The Labute approximate surface area is 171 Å². The van der Waals surface area contributed by atoms with Crippen molar-refractivity contribution in [3.05, 3.63) is 59.2 Å². The van der Waals surface area contributed by atoms with Gasteiger partial charge in [0.15, 0.2) is 6.04 Å². The summed E-state index contributed by atoms with van der Waals surface area (Å²) in [5.74, 6) is 0.169. The molecule has 1 saturated carbocycles. The summed E-state index contributed by atoms with van der Waals surface area (Å²) in [5.41, 5.74) is 8.42. The van der Waals surface area contributed by atoms with Crippen LogP contribution >= 0.6 is 0 Å². The van der Waals surface area contributed by atoms with Crippen LogP contribution in [0.4, 0.5) is 5.69 Å². The number of ether oxygens (including phenoxy) is 1. The molecule has 154 valence electrons. The van der Waals surface area contributed by atoms with Crippen LogP contribution in [0.3, 0.4) is 0 Å². The Balaban J connectivity index is 1.85. The third-order valence-electron chi connectivity index (χ3n) is 5.50. The van der Waals surface area contributed by atoms with Gasteiger partial charge in [-0.3, -0.25) is 5.41 Å². The molecular weight excluding hydrogens is 366 g/mol. The van der Waals surface area contributed by atoms with Crippen molar-refractivity contribution in [1.82, 2.24) is 0 Å². The zero-order valence-corrected chi connectivity index (χ0v) is 16.8. The lowest BCUT2D eigenvalue weighted by Crippen LogP contribution is -2.22.